The van der Waals surface area contributed by atoms with Crippen molar-refractivity contribution in [3.05, 3.63) is 35.6 Å². The van der Waals surface area contributed by atoms with Crippen LogP contribution in [-0.4, -0.2) is 56.0 Å². The lowest BCUT2D eigenvalue weighted by Crippen LogP contribution is -2.40. The summed E-state index contributed by atoms with van der Waals surface area (Å²) in [6.45, 7) is 5.70. The number of likely N-dealkylation sites (N-methyl/N-ethyl adjacent to an activating group) is 1. The van der Waals surface area contributed by atoms with E-state index in [4.69, 9.17) is 4.99 Å². The van der Waals surface area contributed by atoms with Crippen LogP contribution in [0.3, 0.4) is 0 Å². The molecule has 1 fully saturated rings. The summed E-state index contributed by atoms with van der Waals surface area (Å²) in [6, 6.07) is 6.88. The van der Waals surface area contributed by atoms with Crippen molar-refractivity contribution in [3.63, 3.8) is 0 Å². The number of nitrogens with one attached hydrogen (secondary N) is 1. The molecule has 1 saturated heterocycles. The van der Waals surface area contributed by atoms with Crippen molar-refractivity contribution in [1.82, 2.24) is 15.1 Å². The number of benzene rings is 1. The molecule has 122 valence electrons. The molecule has 1 aliphatic rings. The maximum Gasteiger partial charge on any atom is 0.193 e. The van der Waals surface area contributed by atoms with Crippen LogP contribution in [0.4, 0.5) is 4.39 Å². The summed E-state index contributed by atoms with van der Waals surface area (Å²) in [6.07, 6.45) is 2.46. The van der Waals surface area contributed by atoms with Crippen molar-refractivity contribution in [2.75, 3.05) is 40.3 Å². The molecule has 1 N–H and O–H groups in total. The summed E-state index contributed by atoms with van der Waals surface area (Å²) in [5.41, 5.74) is 0.964. The molecule has 1 heterocycles. The number of likely N-dealkylation sites (tertiary alicyclic amines) is 1. The van der Waals surface area contributed by atoms with Gasteiger partial charge in [-0.05, 0) is 51.6 Å². The fraction of sp³-hybridized carbons (Fsp3) is 0.588. The minimum atomic E-state index is -0.195. The number of guanidine groups is 1. The zero-order valence-electron chi connectivity index (χ0n) is 13.8. The summed E-state index contributed by atoms with van der Waals surface area (Å²) in [5, 5.41) is 3.37. The average Bonchev–Trinajstić information content (AvgIpc) is 3.00. The third-order valence-corrected chi connectivity index (χ3v) is 4.01. The maximum atomic E-state index is 13.5. The number of hydrogen-bond donors (Lipinski definition) is 1. The minimum Gasteiger partial charge on any atom is -0.357 e. The highest BCUT2D eigenvalue weighted by atomic mass is 19.1. The van der Waals surface area contributed by atoms with Gasteiger partial charge in [0.05, 0.1) is 12.6 Å². The van der Waals surface area contributed by atoms with Crippen LogP contribution in [0, 0.1) is 5.82 Å². The Morgan fingerprint density at radius 3 is 2.68 bits per heavy atom. The van der Waals surface area contributed by atoms with Crippen molar-refractivity contribution in [2.24, 2.45) is 4.99 Å². The molecule has 1 unspecified atom stereocenters. The molecule has 0 aromatic heterocycles. The molecule has 2 rings (SSSR count). The van der Waals surface area contributed by atoms with Gasteiger partial charge in [0, 0.05) is 19.6 Å². The largest absolute Gasteiger partial charge is 0.357 e. The Morgan fingerprint density at radius 1 is 1.36 bits per heavy atom. The van der Waals surface area contributed by atoms with Gasteiger partial charge in [0.25, 0.3) is 0 Å². The molecule has 1 aromatic carbocycles. The molecule has 0 amide bonds. The highest BCUT2D eigenvalue weighted by molar-refractivity contribution is 5.80. The van der Waals surface area contributed by atoms with Crippen molar-refractivity contribution >= 4 is 5.96 Å². The first kappa shape index (κ1) is 16.7. The molecule has 5 heteroatoms. The predicted molar refractivity (Wildman–Crippen MR) is 89.6 cm³/mol. The van der Waals surface area contributed by atoms with E-state index in [1.165, 1.54) is 18.9 Å². The van der Waals surface area contributed by atoms with Crippen LogP contribution < -0.4 is 5.32 Å². The first-order valence-corrected chi connectivity index (χ1v) is 8.07. The van der Waals surface area contributed by atoms with Crippen LogP contribution >= 0.6 is 0 Å². The van der Waals surface area contributed by atoms with Gasteiger partial charge in [0.1, 0.15) is 5.82 Å². The van der Waals surface area contributed by atoms with Gasteiger partial charge >= 0.3 is 0 Å². The smallest absolute Gasteiger partial charge is 0.193 e. The lowest BCUT2D eigenvalue weighted by atomic mass is 10.1. The number of nitrogens with zero attached hydrogens (tertiary/aromatic N) is 3. The van der Waals surface area contributed by atoms with Gasteiger partial charge in [-0.25, -0.2) is 4.39 Å². The number of hydrogen-bond acceptors (Lipinski definition) is 2. The fourth-order valence-corrected chi connectivity index (χ4v) is 2.81. The lowest BCUT2D eigenvalue weighted by molar-refractivity contribution is 0.304. The van der Waals surface area contributed by atoms with Gasteiger partial charge < -0.3 is 15.1 Å². The molecular formula is C17H27FN4. The van der Waals surface area contributed by atoms with Crippen molar-refractivity contribution in [2.45, 2.75) is 25.8 Å². The molecule has 0 radical (unpaired) electrons. The topological polar surface area (TPSA) is 30.9 Å². The van der Waals surface area contributed by atoms with Crippen LogP contribution in [0.5, 0.6) is 0 Å². The van der Waals surface area contributed by atoms with Crippen LogP contribution in [-0.2, 0) is 0 Å². The highest BCUT2D eigenvalue weighted by Gasteiger charge is 2.18. The first-order valence-electron chi connectivity index (χ1n) is 8.07. The van der Waals surface area contributed by atoms with Gasteiger partial charge in [-0.1, -0.05) is 12.1 Å². The van der Waals surface area contributed by atoms with Crippen LogP contribution in [0.2, 0.25) is 0 Å². The molecule has 0 bridgehead atoms. The van der Waals surface area contributed by atoms with Crippen molar-refractivity contribution in [3.8, 4) is 0 Å². The zero-order valence-corrected chi connectivity index (χ0v) is 13.8. The Bertz CT molecular complexity index is 495. The van der Waals surface area contributed by atoms with E-state index < -0.39 is 0 Å². The number of halogens is 1. The Morgan fingerprint density at radius 2 is 2.09 bits per heavy atom. The van der Waals surface area contributed by atoms with E-state index in [9.17, 15) is 4.39 Å². The van der Waals surface area contributed by atoms with E-state index in [0.29, 0.717) is 6.54 Å². The molecule has 0 saturated carbocycles. The SMILES string of the molecule is CCNC(=NCC(c1cccc(F)c1)N(C)C)N1CCCC1. The molecule has 1 atom stereocenters. The second-order valence-corrected chi connectivity index (χ2v) is 5.92. The quantitative estimate of drug-likeness (QED) is 0.670. The van der Waals surface area contributed by atoms with Gasteiger partial charge in [-0.15, -0.1) is 0 Å². The molecular weight excluding hydrogens is 279 g/mol. The number of aliphatic imine (C=N–C) groups is 1. The molecule has 1 aromatic rings. The van der Waals surface area contributed by atoms with E-state index in [0.717, 1.165) is 31.2 Å². The molecule has 0 aliphatic carbocycles. The highest BCUT2D eigenvalue weighted by Crippen LogP contribution is 2.20. The first-order chi connectivity index (χ1) is 10.6. The van der Waals surface area contributed by atoms with Gasteiger partial charge in [0.15, 0.2) is 5.96 Å². The van der Waals surface area contributed by atoms with E-state index in [1.807, 2.05) is 20.2 Å². The summed E-state index contributed by atoms with van der Waals surface area (Å²) in [4.78, 5) is 9.19. The minimum absolute atomic E-state index is 0.0759. The van der Waals surface area contributed by atoms with Crippen LogP contribution in [0.15, 0.2) is 29.3 Å². The summed E-state index contributed by atoms with van der Waals surface area (Å²) in [5.74, 6) is 0.781. The third-order valence-electron chi connectivity index (χ3n) is 4.01. The van der Waals surface area contributed by atoms with Gasteiger partial charge in [-0.2, -0.15) is 0 Å². The third kappa shape index (κ3) is 4.44. The van der Waals surface area contributed by atoms with E-state index in [-0.39, 0.29) is 11.9 Å². The van der Waals surface area contributed by atoms with E-state index in [2.05, 4.69) is 22.0 Å². The van der Waals surface area contributed by atoms with E-state index >= 15 is 0 Å². The van der Waals surface area contributed by atoms with Crippen molar-refractivity contribution < 1.29 is 4.39 Å². The Hall–Kier alpha value is -1.62. The second-order valence-electron chi connectivity index (χ2n) is 5.92. The lowest BCUT2D eigenvalue weighted by Gasteiger charge is -2.25. The van der Waals surface area contributed by atoms with Crippen molar-refractivity contribution in [1.29, 1.82) is 0 Å². The molecule has 0 spiro atoms. The molecule has 4 nitrogen and oxygen atoms in total. The van der Waals surface area contributed by atoms with Crippen LogP contribution in [0.1, 0.15) is 31.4 Å². The normalized spacial score (nSPS) is 17.1. The van der Waals surface area contributed by atoms with Crippen LogP contribution in [0.25, 0.3) is 0 Å². The van der Waals surface area contributed by atoms with Gasteiger partial charge in [0.2, 0.25) is 0 Å². The monoisotopic (exact) mass is 306 g/mol. The van der Waals surface area contributed by atoms with E-state index in [1.54, 1.807) is 12.1 Å². The molecule has 1 aliphatic heterocycles. The summed E-state index contributed by atoms with van der Waals surface area (Å²) >= 11 is 0. The Kier molecular flexibility index (Phi) is 6.19. The fourth-order valence-electron chi connectivity index (χ4n) is 2.81. The second kappa shape index (κ2) is 8.13. The summed E-state index contributed by atoms with van der Waals surface area (Å²) < 4.78 is 13.5. The Labute approximate surface area is 133 Å². The average molecular weight is 306 g/mol. The standard InChI is InChI=1S/C17H27FN4/c1-4-19-17(22-10-5-6-11-22)20-13-16(21(2)3)14-8-7-9-15(18)12-14/h7-9,12,16H,4-6,10-11,13H2,1-3H3,(H,19,20). The summed E-state index contributed by atoms with van der Waals surface area (Å²) in [7, 11) is 4.02. The van der Waals surface area contributed by atoms with Gasteiger partial charge in [-0.3, -0.25) is 4.99 Å². The molecule has 22 heavy (non-hydrogen) atoms. The Balaban J connectivity index is 2.13. The zero-order chi connectivity index (χ0) is 15.9. The number of rotatable bonds is 5. The predicted octanol–water partition coefficient (Wildman–Crippen LogP) is 2.49. The maximum absolute atomic E-state index is 13.5.